The largest absolute Gasteiger partial charge is 0.338 e. The number of imide groups is 1. The fraction of sp³-hybridized carbons (Fsp3) is 0.692. The Morgan fingerprint density at radius 3 is 1.83 bits per heavy atom. The maximum Gasteiger partial charge on any atom is 0.253 e. The van der Waals surface area contributed by atoms with Gasteiger partial charge in [-0.05, 0) is 40.5 Å². The van der Waals surface area contributed by atoms with Gasteiger partial charge in [-0.25, -0.2) is 0 Å². The summed E-state index contributed by atoms with van der Waals surface area (Å²) < 4.78 is 0. The van der Waals surface area contributed by atoms with Crippen molar-refractivity contribution in [3.05, 3.63) is 12.2 Å². The van der Waals surface area contributed by atoms with E-state index in [1.54, 1.807) is 5.06 Å². The average Bonchev–Trinajstić information content (AvgIpc) is 2.54. The van der Waals surface area contributed by atoms with E-state index in [4.69, 9.17) is 5.21 Å². The van der Waals surface area contributed by atoms with E-state index in [9.17, 15) is 9.59 Å². The second kappa shape index (κ2) is 3.90. The number of piperidine rings is 1. The summed E-state index contributed by atoms with van der Waals surface area (Å²) in [6, 6.07) is -0.119. The third-order valence-corrected chi connectivity index (χ3v) is 3.89. The zero-order chi connectivity index (χ0) is 13.7. The molecule has 0 atom stereocenters. The van der Waals surface area contributed by atoms with Gasteiger partial charge in [-0.3, -0.25) is 14.5 Å². The first kappa shape index (κ1) is 13.2. The molecule has 2 N–H and O–H groups in total. The molecular formula is C13H21N2O3+. The molecule has 0 bridgehead atoms. The molecule has 5 nitrogen and oxygen atoms in total. The fourth-order valence-corrected chi connectivity index (χ4v) is 3.18. The molecule has 5 heteroatoms. The van der Waals surface area contributed by atoms with E-state index in [1.165, 1.54) is 17.1 Å². The molecule has 1 fully saturated rings. The Morgan fingerprint density at radius 2 is 1.44 bits per heavy atom. The lowest BCUT2D eigenvalue weighted by molar-refractivity contribution is -0.250. The maximum atomic E-state index is 11.7. The average molecular weight is 253 g/mol. The summed E-state index contributed by atoms with van der Waals surface area (Å²) in [7, 11) is 0. The quantitative estimate of drug-likeness (QED) is 0.507. The summed E-state index contributed by atoms with van der Waals surface area (Å²) in [5.74, 6) is -0.454. The van der Waals surface area contributed by atoms with Crippen LogP contribution in [0.5, 0.6) is 0 Å². The number of hydrogen-bond donors (Lipinski definition) is 0. The van der Waals surface area contributed by atoms with Gasteiger partial charge in [0, 0.05) is 18.2 Å². The molecule has 0 aromatic rings. The Balaban J connectivity index is 2.26. The van der Waals surface area contributed by atoms with Crippen molar-refractivity contribution in [3.8, 4) is 0 Å². The van der Waals surface area contributed by atoms with Crippen molar-refractivity contribution in [1.29, 1.82) is 0 Å². The summed E-state index contributed by atoms with van der Waals surface area (Å²) in [6.45, 7) is 7.91. The van der Waals surface area contributed by atoms with Crippen LogP contribution in [0, 0.1) is 0 Å². The van der Waals surface area contributed by atoms with Crippen LogP contribution in [0.25, 0.3) is 0 Å². The van der Waals surface area contributed by atoms with E-state index >= 15 is 0 Å². The molecule has 0 spiro atoms. The molecule has 0 radical (unpaired) electrons. The van der Waals surface area contributed by atoms with Crippen LogP contribution in [0.1, 0.15) is 40.5 Å². The van der Waals surface area contributed by atoms with E-state index in [0.717, 1.165) is 0 Å². The standard InChI is InChI=1S/C13H20N2O3/c1-12(2)7-9(8-13(3,4)15(12)18)14-10(16)5-6-11(14)17/h5-6,9,18H,7-8H2,1-4H3/p+1. The molecule has 1 saturated heterocycles. The van der Waals surface area contributed by atoms with Crippen LogP contribution >= 0.6 is 0 Å². The normalized spacial score (nSPS) is 28.2. The second-order valence-electron chi connectivity index (χ2n) is 6.40. The Hall–Kier alpha value is -1.20. The van der Waals surface area contributed by atoms with Crippen molar-refractivity contribution in [2.75, 3.05) is 0 Å². The highest BCUT2D eigenvalue weighted by atomic mass is 16.5. The fourth-order valence-electron chi connectivity index (χ4n) is 3.18. The van der Waals surface area contributed by atoms with Gasteiger partial charge in [-0.15, -0.1) is 0 Å². The van der Waals surface area contributed by atoms with E-state index in [-0.39, 0.29) is 28.9 Å². The molecule has 2 heterocycles. The van der Waals surface area contributed by atoms with Crippen molar-refractivity contribution in [1.82, 2.24) is 9.96 Å². The molecule has 18 heavy (non-hydrogen) atoms. The molecule has 2 amide bonds. The highest BCUT2D eigenvalue weighted by Gasteiger charge is 2.51. The second-order valence-corrected chi connectivity index (χ2v) is 6.40. The first-order chi connectivity index (χ1) is 8.15. The topological polar surface area (TPSA) is 63.5 Å². The van der Waals surface area contributed by atoms with Gasteiger partial charge in [-0.2, -0.15) is 0 Å². The van der Waals surface area contributed by atoms with Crippen molar-refractivity contribution in [3.63, 3.8) is 0 Å². The smallest absolute Gasteiger partial charge is 0.253 e. The zero-order valence-corrected chi connectivity index (χ0v) is 11.4. The van der Waals surface area contributed by atoms with Crippen molar-refractivity contribution in [2.45, 2.75) is 57.7 Å². The Kier molecular flexibility index (Phi) is 2.87. The van der Waals surface area contributed by atoms with Gasteiger partial charge >= 0.3 is 0 Å². The summed E-state index contributed by atoms with van der Waals surface area (Å²) in [5.41, 5.74) is -0.703. The molecule has 2 aliphatic heterocycles. The van der Waals surface area contributed by atoms with E-state index in [2.05, 4.69) is 0 Å². The maximum absolute atomic E-state index is 11.7. The lowest BCUT2D eigenvalue weighted by atomic mass is 9.78. The highest BCUT2D eigenvalue weighted by molar-refractivity contribution is 6.13. The molecule has 0 aromatic heterocycles. The molecule has 100 valence electrons. The number of hydroxylamine groups is 2. The van der Waals surface area contributed by atoms with Gasteiger partial charge in [0.25, 0.3) is 11.8 Å². The monoisotopic (exact) mass is 253 g/mol. The molecule has 2 rings (SSSR count). The molecule has 0 aliphatic carbocycles. The van der Waals surface area contributed by atoms with Crippen LogP contribution in [-0.2, 0) is 9.59 Å². The Bertz CT molecular complexity index is 390. The van der Waals surface area contributed by atoms with Crippen LogP contribution in [0.4, 0.5) is 0 Å². The lowest BCUT2D eigenvalue weighted by Gasteiger charge is -2.49. The first-order valence-corrected chi connectivity index (χ1v) is 6.22. The SMILES string of the molecule is CC1(C)CC(N2C(=O)C=CC2=O)CC(C)(C)N1[OH2+]. The summed E-state index contributed by atoms with van der Waals surface area (Å²) in [5, 5.41) is 9.76. The van der Waals surface area contributed by atoms with Crippen LogP contribution in [0.3, 0.4) is 0 Å². The molecule has 0 aromatic carbocycles. The lowest BCUT2D eigenvalue weighted by Crippen LogP contribution is -2.63. The van der Waals surface area contributed by atoms with Gasteiger partial charge < -0.3 is 5.21 Å². The number of carbonyl (C=O) groups excluding carboxylic acids is 2. The highest BCUT2D eigenvalue weighted by Crippen LogP contribution is 2.39. The van der Waals surface area contributed by atoms with Crippen molar-refractivity contribution >= 4 is 11.8 Å². The van der Waals surface area contributed by atoms with E-state index < -0.39 is 0 Å². The molecule has 2 aliphatic rings. The van der Waals surface area contributed by atoms with Crippen molar-refractivity contribution < 1.29 is 14.8 Å². The number of hydrogen-bond acceptors (Lipinski definition) is 3. The third kappa shape index (κ3) is 1.97. The number of nitrogens with zero attached hydrogens (tertiary/aromatic N) is 2. The van der Waals surface area contributed by atoms with Crippen molar-refractivity contribution in [2.24, 2.45) is 0 Å². The minimum absolute atomic E-state index is 0.119. The molecule has 0 unspecified atom stereocenters. The minimum atomic E-state index is -0.352. The zero-order valence-electron chi connectivity index (χ0n) is 11.4. The molecule has 0 saturated carbocycles. The molecular weight excluding hydrogens is 232 g/mol. The van der Waals surface area contributed by atoms with Gasteiger partial charge in [0.15, 0.2) is 0 Å². The number of amides is 2. The van der Waals surface area contributed by atoms with Gasteiger partial charge in [0.05, 0.1) is 11.1 Å². The third-order valence-electron chi connectivity index (χ3n) is 3.89. The Morgan fingerprint density at radius 1 is 1.06 bits per heavy atom. The minimum Gasteiger partial charge on any atom is -0.338 e. The summed E-state index contributed by atoms with van der Waals surface area (Å²) in [4.78, 5) is 24.8. The van der Waals surface area contributed by atoms with Crippen LogP contribution < -0.4 is 0 Å². The van der Waals surface area contributed by atoms with Crippen LogP contribution in [0.2, 0.25) is 0 Å². The number of carbonyl (C=O) groups is 2. The summed E-state index contributed by atoms with van der Waals surface area (Å²) in [6.07, 6.45) is 3.93. The predicted molar refractivity (Wildman–Crippen MR) is 67.6 cm³/mol. The van der Waals surface area contributed by atoms with Gasteiger partial charge in [-0.1, -0.05) is 5.06 Å². The first-order valence-electron chi connectivity index (χ1n) is 6.22. The van der Waals surface area contributed by atoms with Gasteiger partial charge in [0.2, 0.25) is 0 Å². The van der Waals surface area contributed by atoms with E-state index in [0.29, 0.717) is 12.8 Å². The van der Waals surface area contributed by atoms with Gasteiger partial charge in [0.1, 0.15) is 0 Å². The Labute approximate surface area is 107 Å². The van der Waals surface area contributed by atoms with E-state index in [1.807, 2.05) is 27.7 Å². The predicted octanol–water partition coefficient (Wildman–Crippen LogP) is 0.573. The van der Waals surface area contributed by atoms with Crippen LogP contribution in [-0.4, -0.2) is 44.1 Å². The number of rotatable bonds is 1. The van der Waals surface area contributed by atoms with Crippen LogP contribution in [0.15, 0.2) is 12.2 Å². The summed E-state index contributed by atoms with van der Waals surface area (Å²) >= 11 is 0.